The van der Waals surface area contributed by atoms with E-state index in [9.17, 15) is 4.39 Å². The summed E-state index contributed by atoms with van der Waals surface area (Å²) in [5.74, 6) is 1.26. The van der Waals surface area contributed by atoms with E-state index in [0.717, 1.165) is 42.1 Å². The summed E-state index contributed by atoms with van der Waals surface area (Å²) in [5, 5.41) is 0. The van der Waals surface area contributed by atoms with Crippen molar-refractivity contribution in [2.24, 2.45) is 17.6 Å². The zero-order valence-corrected chi connectivity index (χ0v) is 16.8. The molecule has 1 saturated carbocycles. The minimum absolute atomic E-state index is 0.174. The molecule has 2 aromatic rings. The second-order valence-corrected chi connectivity index (χ2v) is 8.46. The molecule has 0 radical (unpaired) electrons. The Balaban J connectivity index is 1.67. The lowest BCUT2D eigenvalue weighted by atomic mass is 9.82. The second-order valence-electron chi connectivity index (χ2n) is 7.55. The van der Waals surface area contributed by atoms with Gasteiger partial charge in [-0.05, 0) is 79.5 Å². The fourth-order valence-corrected chi connectivity index (χ4v) is 4.39. The second kappa shape index (κ2) is 9.63. The molecule has 0 unspecified atom stereocenters. The molecule has 0 saturated heterocycles. The first kappa shape index (κ1) is 19.5. The number of halogens is 2. The van der Waals surface area contributed by atoms with Crippen molar-refractivity contribution < 1.29 is 4.39 Å². The van der Waals surface area contributed by atoms with E-state index < -0.39 is 0 Å². The van der Waals surface area contributed by atoms with Gasteiger partial charge < -0.3 is 5.73 Å². The lowest BCUT2D eigenvalue weighted by Crippen LogP contribution is -2.32. The third-order valence-electron chi connectivity index (χ3n) is 5.43. The largest absolute Gasteiger partial charge is 0.330 e. The highest BCUT2D eigenvalue weighted by molar-refractivity contribution is 9.10. The normalized spacial score (nSPS) is 20.5. The van der Waals surface area contributed by atoms with Crippen LogP contribution in [0.5, 0.6) is 0 Å². The molecule has 1 aliphatic carbocycles. The van der Waals surface area contributed by atoms with Crippen LogP contribution in [0.3, 0.4) is 0 Å². The van der Waals surface area contributed by atoms with Crippen LogP contribution in [0.1, 0.15) is 36.8 Å². The predicted octanol–water partition coefficient (Wildman–Crippen LogP) is 5.36. The van der Waals surface area contributed by atoms with Crippen LogP contribution >= 0.6 is 15.9 Å². The first-order valence-corrected chi connectivity index (χ1v) is 10.3. The van der Waals surface area contributed by atoms with Crippen LogP contribution in [0.25, 0.3) is 0 Å². The number of hydrogen-bond acceptors (Lipinski definition) is 2. The highest BCUT2D eigenvalue weighted by atomic mass is 79.9. The van der Waals surface area contributed by atoms with Crippen LogP contribution in [0, 0.1) is 17.7 Å². The summed E-state index contributed by atoms with van der Waals surface area (Å²) in [6.45, 7) is 3.67. The molecular formula is C22H28BrFN2. The van der Waals surface area contributed by atoms with Gasteiger partial charge in [0.15, 0.2) is 0 Å². The molecule has 4 heteroatoms. The van der Waals surface area contributed by atoms with Gasteiger partial charge in [0.05, 0.1) is 0 Å². The summed E-state index contributed by atoms with van der Waals surface area (Å²) in [6, 6.07) is 15.4. The van der Waals surface area contributed by atoms with Crippen LogP contribution < -0.4 is 5.73 Å². The van der Waals surface area contributed by atoms with Crippen LogP contribution in [0.2, 0.25) is 0 Å². The minimum Gasteiger partial charge on any atom is -0.330 e. The van der Waals surface area contributed by atoms with Gasteiger partial charge in [0.2, 0.25) is 0 Å². The van der Waals surface area contributed by atoms with E-state index in [4.69, 9.17) is 5.73 Å². The number of benzene rings is 2. The van der Waals surface area contributed by atoms with Crippen molar-refractivity contribution in [3.63, 3.8) is 0 Å². The molecule has 0 aromatic heterocycles. The lowest BCUT2D eigenvalue weighted by molar-refractivity contribution is 0.170. The van der Waals surface area contributed by atoms with Crippen molar-refractivity contribution in [3.8, 4) is 0 Å². The molecule has 2 N–H and O–H groups in total. The van der Waals surface area contributed by atoms with Gasteiger partial charge in [-0.1, -0.05) is 40.2 Å². The SMILES string of the molecule is NCC1CCC(CN(Cc2ccc(F)cc2)Cc2cccc(Br)c2)CC1. The maximum atomic E-state index is 13.2. The third-order valence-corrected chi connectivity index (χ3v) is 5.92. The van der Waals surface area contributed by atoms with Gasteiger partial charge >= 0.3 is 0 Å². The maximum absolute atomic E-state index is 13.2. The first-order valence-electron chi connectivity index (χ1n) is 9.53. The van der Waals surface area contributed by atoms with Crippen molar-refractivity contribution in [3.05, 3.63) is 69.9 Å². The summed E-state index contributed by atoms with van der Waals surface area (Å²) in [4.78, 5) is 2.50. The highest BCUT2D eigenvalue weighted by Gasteiger charge is 2.22. The average Bonchev–Trinajstić information content (AvgIpc) is 2.64. The number of rotatable bonds is 7. The third kappa shape index (κ3) is 5.90. The van der Waals surface area contributed by atoms with Crippen LogP contribution in [0.15, 0.2) is 53.0 Å². The minimum atomic E-state index is -0.174. The Bertz CT molecular complexity index is 681. The summed E-state index contributed by atoms with van der Waals surface area (Å²) in [7, 11) is 0. The number of hydrogen-bond donors (Lipinski definition) is 1. The van der Waals surface area contributed by atoms with E-state index in [-0.39, 0.29) is 5.82 Å². The predicted molar refractivity (Wildman–Crippen MR) is 109 cm³/mol. The van der Waals surface area contributed by atoms with Gasteiger partial charge in [-0.3, -0.25) is 4.90 Å². The average molecular weight is 419 g/mol. The van der Waals surface area contributed by atoms with Crippen LogP contribution in [-0.2, 0) is 13.1 Å². The van der Waals surface area contributed by atoms with Crippen LogP contribution in [-0.4, -0.2) is 18.0 Å². The first-order chi connectivity index (χ1) is 12.6. The van der Waals surface area contributed by atoms with Gasteiger partial charge in [-0.15, -0.1) is 0 Å². The summed E-state index contributed by atoms with van der Waals surface area (Å²) < 4.78 is 14.3. The van der Waals surface area contributed by atoms with E-state index in [0.29, 0.717) is 5.92 Å². The standard InChI is InChI=1S/C22H28BrFN2/c23-21-3-1-2-20(12-21)16-26(15-19-8-10-22(24)11-9-19)14-18-6-4-17(13-25)5-7-18/h1-3,8-12,17-18H,4-7,13-16,25H2. The zero-order valence-electron chi connectivity index (χ0n) is 15.2. The summed E-state index contributed by atoms with van der Waals surface area (Å²) >= 11 is 3.57. The lowest BCUT2D eigenvalue weighted by Gasteiger charge is -2.32. The molecule has 140 valence electrons. The molecule has 0 spiro atoms. The van der Waals surface area contributed by atoms with E-state index in [1.54, 1.807) is 12.1 Å². The van der Waals surface area contributed by atoms with E-state index in [2.05, 4.69) is 45.1 Å². The van der Waals surface area contributed by atoms with Crippen molar-refractivity contribution in [1.82, 2.24) is 4.90 Å². The molecule has 3 rings (SSSR count). The van der Waals surface area contributed by atoms with Gasteiger partial charge in [0, 0.05) is 24.1 Å². The Morgan fingerprint density at radius 1 is 0.923 bits per heavy atom. The van der Waals surface area contributed by atoms with Gasteiger partial charge in [0.25, 0.3) is 0 Å². The molecule has 1 fully saturated rings. The number of nitrogens with two attached hydrogens (primary N) is 1. The highest BCUT2D eigenvalue weighted by Crippen LogP contribution is 2.29. The van der Waals surface area contributed by atoms with Gasteiger partial charge in [0.1, 0.15) is 5.82 Å². The Hall–Kier alpha value is -1.23. The Morgan fingerprint density at radius 2 is 1.58 bits per heavy atom. The molecule has 2 nitrogen and oxygen atoms in total. The zero-order chi connectivity index (χ0) is 18.4. The fraction of sp³-hybridized carbons (Fsp3) is 0.455. The van der Waals surface area contributed by atoms with Crippen molar-refractivity contribution in [2.75, 3.05) is 13.1 Å². The van der Waals surface area contributed by atoms with E-state index in [1.165, 1.54) is 31.2 Å². The van der Waals surface area contributed by atoms with Crippen molar-refractivity contribution >= 4 is 15.9 Å². The van der Waals surface area contributed by atoms with Crippen molar-refractivity contribution in [1.29, 1.82) is 0 Å². The molecule has 0 bridgehead atoms. The fourth-order valence-electron chi connectivity index (χ4n) is 3.94. The van der Waals surface area contributed by atoms with Crippen molar-refractivity contribution in [2.45, 2.75) is 38.8 Å². The molecule has 0 aliphatic heterocycles. The molecule has 1 aliphatic rings. The van der Waals surface area contributed by atoms with Gasteiger partial charge in [-0.25, -0.2) is 4.39 Å². The van der Waals surface area contributed by atoms with E-state index >= 15 is 0 Å². The van der Waals surface area contributed by atoms with E-state index in [1.807, 2.05) is 12.1 Å². The monoisotopic (exact) mass is 418 g/mol. The quantitative estimate of drug-likeness (QED) is 0.655. The van der Waals surface area contributed by atoms with Crippen LogP contribution in [0.4, 0.5) is 4.39 Å². The maximum Gasteiger partial charge on any atom is 0.123 e. The molecular weight excluding hydrogens is 391 g/mol. The Morgan fingerprint density at radius 3 is 2.23 bits per heavy atom. The molecule has 0 amide bonds. The summed E-state index contributed by atoms with van der Waals surface area (Å²) in [6.07, 6.45) is 5.03. The van der Waals surface area contributed by atoms with Gasteiger partial charge in [-0.2, -0.15) is 0 Å². The topological polar surface area (TPSA) is 29.3 Å². The smallest absolute Gasteiger partial charge is 0.123 e. The number of nitrogens with zero attached hydrogens (tertiary/aromatic N) is 1. The Kier molecular flexibility index (Phi) is 7.23. The molecule has 0 heterocycles. The molecule has 26 heavy (non-hydrogen) atoms. The molecule has 0 atom stereocenters. The molecule has 2 aromatic carbocycles. The summed E-state index contributed by atoms with van der Waals surface area (Å²) in [5.41, 5.74) is 8.30. The Labute approximate surface area is 164 Å².